The van der Waals surface area contributed by atoms with Gasteiger partial charge >= 0.3 is 6.03 Å². The molecule has 2 aromatic rings. The van der Waals surface area contributed by atoms with Gasteiger partial charge in [-0.15, -0.1) is 0 Å². The molecular weight excluding hydrogens is 400 g/mol. The number of piperidine rings is 1. The largest absolute Gasteiger partial charge is 0.508 e. The van der Waals surface area contributed by atoms with Crippen LogP contribution in [0.3, 0.4) is 0 Å². The van der Waals surface area contributed by atoms with E-state index < -0.39 is 9.84 Å². The number of carbonyl (C=O) groups is 1. The van der Waals surface area contributed by atoms with Crippen molar-refractivity contribution in [1.82, 2.24) is 4.90 Å². The first-order valence-electron chi connectivity index (χ1n) is 10.6. The number of amides is 2. The molecule has 1 aliphatic heterocycles. The summed E-state index contributed by atoms with van der Waals surface area (Å²) in [6.45, 7) is 1.27. The molecule has 0 radical (unpaired) electrons. The van der Waals surface area contributed by atoms with Crippen molar-refractivity contribution in [3.8, 4) is 5.75 Å². The molecule has 160 valence electrons. The van der Waals surface area contributed by atoms with Crippen LogP contribution in [-0.4, -0.2) is 42.8 Å². The highest BCUT2D eigenvalue weighted by molar-refractivity contribution is 7.92. The third-order valence-electron chi connectivity index (χ3n) is 6.30. The SMILES string of the molecule is O=C(Nc1cccc(S(=O)(=O)C2CCCC2)c1)N1CCC(c2ccc(O)cc2)CC1. The number of likely N-dealkylation sites (tertiary alicyclic amines) is 1. The first-order valence-corrected chi connectivity index (χ1v) is 12.2. The van der Waals surface area contributed by atoms with Gasteiger partial charge in [-0.1, -0.05) is 31.0 Å². The normalized spacial score (nSPS) is 18.5. The van der Waals surface area contributed by atoms with Crippen molar-refractivity contribution in [2.45, 2.75) is 54.6 Å². The number of urea groups is 1. The number of rotatable bonds is 4. The Morgan fingerprint density at radius 3 is 2.30 bits per heavy atom. The van der Waals surface area contributed by atoms with Crippen LogP contribution in [0.2, 0.25) is 0 Å². The molecule has 0 aromatic heterocycles. The van der Waals surface area contributed by atoms with Crippen molar-refractivity contribution >= 4 is 21.6 Å². The molecule has 0 bridgehead atoms. The van der Waals surface area contributed by atoms with Crippen molar-refractivity contribution < 1.29 is 18.3 Å². The molecule has 2 aromatic carbocycles. The fourth-order valence-corrected chi connectivity index (χ4v) is 6.41. The smallest absolute Gasteiger partial charge is 0.321 e. The molecule has 2 amide bonds. The highest BCUT2D eigenvalue weighted by atomic mass is 32.2. The number of phenols is 1. The number of nitrogens with one attached hydrogen (secondary N) is 1. The molecule has 1 heterocycles. The van der Waals surface area contributed by atoms with E-state index in [0.717, 1.165) is 38.5 Å². The number of nitrogens with zero attached hydrogens (tertiary/aromatic N) is 1. The number of hydrogen-bond donors (Lipinski definition) is 2. The molecule has 2 aliphatic rings. The predicted molar refractivity (Wildman–Crippen MR) is 117 cm³/mol. The summed E-state index contributed by atoms with van der Waals surface area (Å²) in [6, 6.07) is 13.7. The second kappa shape index (κ2) is 8.68. The van der Waals surface area contributed by atoms with Gasteiger partial charge in [-0.05, 0) is 67.5 Å². The van der Waals surface area contributed by atoms with Crippen molar-refractivity contribution in [1.29, 1.82) is 0 Å². The van der Waals surface area contributed by atoms with E-state index in [-0.39, 0.29) is 17.0 Å². The Labute approximate surface area is 177 Å². The van der Waals surface area contributed by atoms with Crippen molar-refractivity contribution in [2.24, 2.45) is 0 Å². The fraction of sp³-hybridized carbons (Fsp3) is 0.435. The number of anilines is 1. The average molecular weight is 429 g/mol. The van der Waals surface area contributed by atoms with Gasteiger partial charge in [0.25, 0.3) is 0 Å². The molecule has 0 spiro atoms. The first-order chi connectivity index (χ1) is 14.4. The Bertz CT molecular complexity index is 990. The predicted octanol–water partition coefficient (Wildman–Crippen LogP) is 4.52. The Kier molecular flexibility index (Phi) is 5.99. The van der Waals surface area contributed by atoms with E-state index in [1.165, 1.54) is 5.56 Å². The second-order valence-electron chi connectivity index (χ2n) is 8.26. The van der Waals surface area contributed by atoms with Crippen molar-refractivity contribution in [3.05, 3.63) is 54.1 Å². The maximum absolute atomic E-state index is 12.8. The molecule has 6 nitrogen and oxygen atoms in total. The monoisotopic (exact) mass is 428 g/mol. The van der Waals surface area contributed by atoms with Crippen LogP contribution in [0.1, 0.15) is 50.0 Å². The summed E-state index contributed by atoms with van der Waals surface area (Å²) in [5, 5.41) is 12.0. The lowest BCUT2D eigenvalue weighted by Crippen LogP contribution is -2.40. The van der Waals surface area contributed by atoms with Crippen LogP contribution in [0, 0.1) is 0 Å². The first kappa shape index (κ1) is 20.7. The Morgan fingerprint density at radius 2 is 1.63 bits per heavy atom. The van der Waals surface area contributed by atoms with Crippen LogP contribution in [0.5, 0.6) is 5.75 Å². The van der Waals surface area contributed by atoms with Crippen molar-refractivity contribution in [2.75, 3.05) is 18.4 Å². The zero-order chi connectivity index (χ0) is 21.1. The molecule has 2 fully saturated rings. The van der Waals surface area contributed by atoms with Gasteiger partial charge < -0.3 is 15.3 Å². The number of benzene rings is 2. The lowest BCUT2D eigenvalue weighted by molar-refractivity contribution is 0.194. The molecule has 1 aliphatic carbocycles. The fourth-order valence-electron chi connectivity index (χ4n) is 4.51. The number of phenolic OH excluding ortho intramolecular Hbond substituents is 1. The van der Waals surface area contributed by atoms with E-state index in [1.54, 1.807) is 41.3 Å². The van der Waals surface area contributed by atoms with Crippen LogP contribution in [0.4, 0.5) is 10.5 Å². The average Bonchev–Trinajstić information content (AvgIpc) is 3.30. The third kappa shape index (κ3) is 4.46. The minimum Gasteiger partial charge on any atom is -0.508 e. The van der Waals surface area contributed by atoms with E-state index in [1.807, 2.05) is 12.1 Å². The van der Waals surface area contributed by atoms with E-state index >= 15 is 0 Å². The van der Waals surface area contributed by atoms with Gasteiger partial charge in [0, 0.05) is 18.8 Å². The molecule has 1 saturated heterocycles. The second-order valence-corrected chi connectivity index (χ2v) is 10.5. The molecule has 1 saturated carbocycles. The van der Waals surface area contributed by atoms with Gasteiger partial charge in [0.15, 0.2) is 9.84 Å². The summed E-state index contributed by atoms with van der Waals surface area (Å²) in [6.07, 6.45) is 5.06. The van der Waals surface area contributed by atoms with Gasteiger partial charge in [-0.2, -0.15) is 0 Å². The van der Waals surface area contributed by atoms with Crippen LogP contribution in [0.15, 0.2) is 53.4 Å². The molecular formula is C23H28N2O4S. The Morgan fingerprint density at radius 1 is 0.967 bits per heavy atom. The van der Waals surface area contributed by atoms with E-state index in [9.17, 15) is 18.3 Å². The number of sulfone groups is 1. The maximum Gasteiger partial charge on any atom is 0.321 e. The summed E-state index contributed by atoms with van der Waals surface area (Å²) in [4.78, 5) is 14.8. The molecule has 2 N–H and O–H groups in total. The Hall–Kier alpha value is -2.54. The maximum atomic E-state index is 12.8. The highest BCUT2D eigenvalue weighted by Gasteiger charge is 2.30. The van der Waals surface area contributed by atoms with Crippen molar-refractivity contribution in [3.63, 3.8) is 0 Å². The van der Waals surface area contributed by atoms with Gasteiger partial charge in [-0.3, -0.25) is 0 Å². The summed E-state index contributed by atoms with van der Waals surface area (Å²) in [7, 11) is -3.35. The molecule has 30 heavy (non-hydrogen) atoms. The topological polar surface area (TPSA) is 86.7 Å². The standard InChI is InChI=1S/C23H28N2O4S/c26-20-10-8-17(9-11-20)18-12-14-25(15-13-18)23(27)24-19-4-3-7-22(16-19)30(28,29)21-5-1-2-6-21/h3-4,7-11,16,18,21,26H,1-2,5-6,12-15H2,(H,24,27). The zero-order valence-corrected chi connectivity index (χ0v) is 17.8. The summed E-state index contributed by atoms with van der Waals surface area (Å²) in [5.41, 5.74) is 1.69. The zero-order valence-electron chi connectivity index (χ0n) is 17.0. The number of hydrogen-bond acceptors (Lipinski definition) is 4. The highest BCUT2D eigenvalue weighted by Crippen LogP contribution is 2.31. The van der Waals surface area contributed by atoms with Crippen LogP contribution in [-0.2, 0) is 9.84 Å². The lowest BCUT2D eigenvalue weighted by atomic mass is 9.89. The molecule has 0 atom stereocenters. The van der Waals surface area contributed by atoms with Gasteiger partial charge in [-0.25, -0.2) is 13.2 Å². The molecule has 4 rings (SSSR count). The van der Waals surface area contributed by atoms with Crippen LogP contribution in [0.25, 0.3) is 0 Å². The quantitative estimate of drug-likeness (QED) is 0.750. The summed E-state index contributed by atoms with van der Waals surface area (Å²) < 4.78 is 25.7. The van der Waals surface area contributed by atoms with E-state index in [0.29, 0.717) is 29.6 Å². The minimum atomic E-state index is -3.35. The lowest BCUT2D eigenvalue weighted by Gasteiger charge is -2.32. The van der Waals surface area contributed by atoms with Crippen LogP contribution < -0.4 is 5.32 Å². The van der Waals surface area contributed by atoms with E-state index in [4.69, 9.17) is 0 Å². The summed E-state index contributed by atoms with van der Waals surface area (Å²) >= 11 is 0. The van der Waals surface area contributed by atoms with Gasteiger partial charge in [0.05, 0.1) is 10.1 Å². The van der Waals surface area contributed by atoms with E-state index in [2.05, 4.69) is 5.32 Å². The third-order valence-corrected chi connectivity index (χ3v) is 8.56. The minimum absolute atomic E-state index is 0.199. The summed E-state index contributed by atoms with van der Waals surface area (Å²) in [5.74, 6) is 0.627. The Balaban J connectivity index is 1.37. The van der Waals surface area contributed by atoms with Gasteiger partial charge in [0.2, 0.25) is 0 Å². The van der Waals surface area contributed by atoms with Crippen LogP contribution >= 0.6 is 0 Å². The van der Waals surface area contributed by atoms with Gasteiger partial charge in [0.1, 0.15) is 5.75 Å². The number of carbonyl (C=O) groups excluding carboxylic acids is 1. The number of aromatic hydroxyl groups is 1. The molecule has 0 unspecified atom stereocenters. The molecule has 7 heteroatoms.